The predicted octanol–water partition coefficient (Wildman–Crippen LogP) is 1.41. The van der Waals surface area contributed by atoms with Gasteiger partial charge in [0.1, 0.15) is 17.0 Å². The lowest BCUT2D eigenvalue weighted by Crippen LogP contribution is -2.40. The van der Waals surface area contributed by atoms with E-state index in [1.807, 2.05) is 30.3 Å². The molecule has 3 atom stereocenters. The number of para-hydroxylation sites is 1. The van der Waals surface area contributed by atoms with Crippen molar-refractivity contribution in [1.29, 1.82) is 0 Å². The highest BCUT2D eigenvalue weighted by Crippen LogP contribution is 2.27. The van der Waals surface area contributed by atoms with Gasteiger partial charge in [-0.3, -0.25) is 14.6 Å². The number of hydrogen-bond donors (Lipinski definition) is 3. The molecule has 1 aliphatic carbocycles. The third kappa shape index (κ3) is 3.86. The van der Waals surface area contributed by atoms with Crippen molar-refractivity contribution in [2.45, 2.75) is 31.5 Å². The van der Waals surface area contributed by atoms with Crippen LogP contribution in [0.1, 0.15) is 29.1 Å². The molecule has 0 aliphatic heterocycles. The number of amides is 2. The lowest BCUT2D eigenvalue weighted by molar-refractivity contribution is -0.125. The number of benzene rings is 1. The Morgan fingerprint density at radius 3 is 2.86 bits per heavy atom. The highest BCUT2D eigenvalue weighted by atomic mass is 16.3. The number of rotatable bonds is 5. The Kier molecular flexibility index (Phi) is 5.03. The first-order valence-electron chi connectivity index (χ1n) is 9.10. The molecule has 1 aliphatic rings. The molecule has 0 unspecified atom stereocenters. The minimum Gasteiger partial charge on any atom is -0.459 e. The zero-order valence-electron chi connectivity index (χ0n) is 15.0. The monoisotopic (exact) mass is 380 g/mol. The quantitative estimate of drug-likeness (QED) is 0.616. The van der Waals surface area contributed by atoms with Gasteiger partial charge in [-0.05, 0) is 25.0 Å². The summed E-state index contributed by atoms with van der Waals surface area (Å²) in [6.07, 6.45) is 4.12. The summed E-state index contributed by atoms with van der Waals surface area (Å²) < 4.78 is 5.69. The summed E-state index contributed by atoms with van der Waals surface area (Å²) >= 11 is 0. The number of carbonyl (C=O) groups excluding carboxylic acids is 2. The first-order valence-corrected chi connectivity index (χ1v) is 9.10. The van der Waals surface area contributed by atoms with Gasteiger partial charge in [0.25, 0.3) is 5.91 Å². The fraction of sp³-hybridized carbons (Fsp3) is 0.300. The molecular formula is C20H20N4O4. The molecule has 8 heteroatoms. The molecule has 2 amide bonds. The van der Waals surface area contributed by atoms with E-state index in [0.29, 0.717) is 12.2 Å². The second-order valence-electron chi connectivity index (χ2n) is 6.87. The van der Waals surface area contributed by atoms with E-state index in [-0.39, 0.29) is 30.5 Å². The first kappa shape index (κ1) is 18.1. The van der Waals surface area contributed by atoms with Crippen molar-refractivity contribution in [3.63, 3.8) is 0 Å². The van der Waals surface area contributed by atoms with E-state index in [1.54, 1.807) is 0 Å². The molecule has 0 bridgehead atoms. The van der Waals surface area contributed by atoms with Crippen molar-refractivity contribution in [2.24, 2.45) is 5.92 Å². The minimum atomic E-state index is -0.789. The smallest absolute Gasteiger partial charge is 0.271 e. The molecule has 4 rings (SSSR count). The maximum Gasteiger partial charge on any atom is 0.271 e. The van der Waals surface area contributed by atoms with E-state index in [1.165, 1.54) is 18.6 Å². The van der Waals surface area contributed by atoms with Crippen LogP contribution < -0.4 is 10.6 Å². The SMILES string of the molecule is O=C(N[C@@H]1C[C@H](C(=O)NCc2cc3ccccc3o2)C[C@H]1O)c1cnccn1. The fourth-order valence-electron chi connectivity index (χ4n) is 3.49. The number of aliphatic hydroxyl groups excluding tert-OH is 1. The summed E-state index contributed by atoms with van der Waals surface area (Å²) in [5.41, 5.74) is 0.947. The number of hydrogen-bond acceptors (Lipinski definition) is 6. The van der Waals surface area contributed by atoms with Crippen LogP contribution in [0.2, 0.25) is 0 Å². The van der Waals surface area contributed by atoms with Crippen LogP contribution in [0.25, 0.3) is 11.0 Å². The third-order valence-electron chi connectivity index (χ3n) is 4.93. The summed E-state index contributed by atoms with van der Waals surface area (Å²) in [7, 11) is 0. The van der Waals surface area contributed by atoms with E-state index < -0.39 is 18.1 Å². The minimum absolute atomic E-state index is 0.171. The fourth-order valence-corrected chi connectivity index (χ4v) is 3.49. The molecule has 144 valence electrons. The zero-order valence-corrected chi connectivity index (χ0v) is 15.0. The number of furan rings is 1. The second-order valence-corrected chi connectivity index (χ2v) is 6.87. The Balaban J connectivity index is 1.32. The van der Waals surface area contributed by atoms with Crippen LogP contribution in [0.4, 0.5) is 0 Å². The van der Waals surface area contributed by atoms with Gasteiger partial charge in [0.15, 0.2) is 0 Å². The lowest BCUT2D eigenvalue weighted by Gasteiger charge is -2.15. The topological polar surface area (TPSA) is 117 Å². The Bertz CT molecular complexity index is 955. The van der Waals surface area contributed by atoms with Crippen molar-refractivity contribution in [3.8, 4) is 0 Å². The molecule has 3 aromatic rings. The van der Waals surface area contributed by atoms with Gasteiger partial charge in [-0.25, -0.2) is 4.98 Å². The summed E-state index contributed by atoms with van der Waals surface area (Å²) in [5, 5.41) is 16.8. The molecule has 3 N–H and O–H groups in total. The molecule has 1 saturated carbocycles. The van der Waals surface area contributed by atoms with Gasteiger partial charge in [0.05, 0.1) is 24.9 Å². The number of carbonyl (C=O) groups is 2. The van der Waals surface area contributed by atoms with Crippen molar-refractivity contribution < 1.29 is 19.1 Å². The van der Waals surface area contributed by atoms with E-state index in [9.17, 15) is 14.7 Å². The average Bonchev–Trinajstić information content (AvgIpc) is 3.30. The summed E-state index contributed by atoms with van der Waals surface area (Å²) in [4.78, 5) is 32.5. The van der Waals surface area contributed by atoms with Gasteiger partial charge in [0.2, 0.25) is 5.91 Å². The summed E-state index contributed by atoms with van der Waals surface area (Å²) in [5.74, 6) is -0.302. The van der Waals surface area contributed by atoms with Crippen molar-refractivity contribution in [1.82, 2.24) is 20.6 Å². The molecule has 1 fully saturated rings. The van der Waals surface area contributed by atoms with Gasteiger partial charge >= 0.3 is 0 Å². The number of nitrogens with zero attached hydrogens (tertiary/aromatic N) is 2. The zero-order chi connectivity index (χ0) is 19.5. The summed E-state index contributed by atoms with van der Waals surface area (Å²) in [6.45, 7) is 0.275. The molecule has 0 saturated heterocycles. The van der Waals surface area contributed by atoms with E-state index in [4.69, 9.17) is 4.42 Å². The standard InChI is InChI=1S/C20H20N4O4/c25-17-9-13(8-15(17)24-20(27)16-11-21-5-6-22-16)19(26)23-10-14-7-12-3-1-2-4-18(12)28-14/h1-7,11,13,15,17,25H,8-10H2,(H,23,26)(H,24,27)/t13-,15+,17+/m0/s1. The van der Waals surface area contributed by atoms with Crippen molar-refractivity contribution in [3.05, 3.63) is 60.4 Å². The van der Waals surface area contributed by atoms with Gasteiger partial charge in [-0.1, -0.05) is 18.2 Å². The van der Waals surface area contributed by atoms with E-state index >= 15 is 0 Å². The van der Waals surface area contributed by atoms with Crippen LogP contribution in [0.3, 0.4) is 0 Å². The molecular weight excluding hydrogens is 360 g/mol. The Hall–Kier alpha value is -3.26. The first-order chi connectivity index (χ1) is 13.6. The largest absolute Gasteiger partial charge is 0.459 e. The molecule has 0 spiro atoms. The number of aliphatic hydroxyl groups is 1. The van der Waals surface area contributed by atoms with Crippen LogP contribution in [0.5, 0.6) is 0 Å². The van der Waals surface area contributed by atoms with Crippen LogP contribution in [-0.4, -0.2) is 39.0 Å². The van der Waals surface area contributed by atoms with Gasteiger partial charge in [-0.2, -0.15) is 0 Å². The Morgan fingerprint density at radius 2 is 2.07 bits per heavy atom. The van der Waals surface area contributed by atoms with Crippen LogP contribution in [0, 0.1) is 5.92 Å². The highest BCUT2D eigenvalue weighted by molar-refractivity contribution is 5.92. The van der Waals surface area contributed by atoms with E-state index in [0.717, 1.165) is 11.0 Å². The molecule has 8 nitrogen and oxygen atoms in total. The van der Waals surface area contributed by atoms with Gasteiger partial charge in [0, 0.05) is 23.7 Å². The number of fused-ring (bicyclic) bond motifs is 1. The Morgan fingerprint density at radius 1 is 1.21 bits per heavy atom. The molecule has 1 aromatic carbocycles. The predicted molar refractivity (Wildman–Crippen MR) is 100 cm³/mol. The third-order valence-corrected chi connectivity index (χ3v) is 4.93. The number of aromatic nitrogens is 2. The van der Waals surface area contributed by atoms with Gasteiger partial charge in [-0.15, -0.1) is 0 Å². The van der Waals surface area contributed by atoms with Crippen LogP contribution >= 0.6 is 0 Å². The van der Waals surface area contributed by atoms with Crippen molar-refractivity contribution >= 4 is 22.8 Å². The number of nitrogens with one attached hydrogen (secondary N) is 2. The van der Waals surface area contributed by atoms with Crippen molar-refractivity contribution in [2.75, 3.05) is 0 Å². The second kappa shape index (κ2) is 7.77. The molecule has 28 heavy (non-hydrogen) atoms. The normalized spacial score (nSPS) is 21.5. The van der Waals surface area contributed by atoms with E-state index in [2.05, 4.69) is 20.6 Å². The van der Waals surface area contributed by atoms with Gasteiger partial charge < -0.3 is 20.2 Å². The Labute approximate surface area is 161 Å². The summed E-state index contributed by atoms with van der Waals surface area (Å²) in [6, 6.07) is 9.03. The molecule has 2 aromatic heterocycles. The maximum absolute atomic E-state index is 12.5. The maximum atomic E-state index is 12.5. The molecule has 2 heterocycles. The van der Waals surface area contributed by atoms with Crippen LogP contribution in [0.15, 0.2) is 53.3 Å². The lowest BCUT2D eigenvalue weighted by atomic mass is 10.1. The van der Waals surface area contributed by atoms with Crippen LogP contribution in [-0.2, 0) is 11.3 Å². The molecule has 0 radical (unpaired) electrons. The average molecular weight is 380 g/mol. The highest BCUT2D eigenvalue weighted by Gasteiger charge is 2.37.